The number of phenolic OH excluding ortho intramolecular Hbond substituents is 1. The van der Waals surface area contributed by atoms with Gasteiger partial charge in [-0.25, -0.2) is 0 Å². The predicted molar refractivity (Wildman–Crippen MR) is 102 cm³/mol. The number of alkyl halides is 3. The summed E-state index contributed by atoms with van der Waals surface area (Å²) < 4.78 is 42.1. The Labute approximate surface area is 171 Å². The van der Waals surface area contributed by atoms with Crippen molar-refractivity contribution < 1.29 is 27.8 Å². The number of carbonyl (C=O) groups is 1. The highest BCUT2D eigenvalue weighted by Gasteiger charge is 2.33. The van der Waals surface area contributed by atoms with Gasteiger partial charge in [0.05, 0.1) is 34.5 Å². The first-order valence-electron chi connectivity index (χ1n) is 8.67. The highest BCUT2D eigenvalue weighted by atomic mass is 19.4. The standard InChI is InChI=1S/C21H18F3N3O3/c1-11-13(10-26)8-14(20(2,3)4)18(28)17(11)19(29)27-15-6-5-12(9-25)7-16(15)30-21(22,23)24/h5-8,28H,1-4H3,(H,27,29). The number of nitriles is 2. The molecule has 2 aromatic carbocycles. The van der Waals surface area contributed by atoms with E-state index in [4.69, 9.17) is 5.26 Å². The number of rotatable bonds is 3. The lowest BCUT2D eigenvalue weighted by Crippen LogP contribution is -2.21. The minimum Gasteiger partial charge on any atom is -0.507 e. The van der Waals surface area contributed by atoms with Gasteiger partial charge in [-0.1, -0.05) is 20.8 Å². The molecule has 0 saturated heterocycles. The lowest BCUT2D eigenvalue weighted by Gasteiger charge is -2.24. The molecule has 0 fully saturated rings. The molecule has 9 heteroatoms. The van der Waals surface area contributed by atoms with Gasteiger partial charge < -0.3 is 15.2 Å². The van der Waals surface area contributed by atoms with Crippen LogP contribution in [0.3, 0.4) is 0 Å². The number of nitrogens with one attached hydrogen (secondary N) is 1. The first kappa shape index (κ1) is 22.6. The summed E-state index contributed by atoms with van der Waals surface area (Å²) >= 11 is 0. The van der Waals surface area contributed by atoms with E-state index in [-0.39, 0.29) is 33.7 Å². The number of hydrogen-bond acceptors (Lipinski definition) is 5. The minimum absolute atomic E-state index is 0.104. The summed E-state index contributed by atoms with van der Waals surface area (Å²) in [4.78, 5) is 12.9. The topological polar surface area (TPSA) is 106 Å². The predicted octanol–water partition coefficient (Wildman–Crippen LogP) is 4.89. The van der Waals surface area contributed by atoms with Gasteiger partial charge in [0.25, 0.3) is 5.91 Å². The Bertz CT molecular complexity index is 1090. The van der Waals surface area contributed by atoms with E-state index in [9.17, 15) is 28.3 Å². The van der Waals surface area contributed by atoms with Crippen LogP contribution in [0.2, 0.25) is 0 Å². The second kappa shape index (κ2) is 7.96. The van der Waals surface area contributed by atoms with E-state index in [0.717, 1.165) is 12.1 Å². The molecule has 0 spiro atoms. The zero-order chi connectivity index (χ0) is 22.9. The van der Waals surface area contributed by atoms with E-state index in [1.165, 1.54) is 19.1 Å². The Kier molecular flexibility index (Phi) is 5.99. The molecular formula is C21H18F3N3O3. The third-order valence-corrected chi connectivity index (χ3v) is 4.30. The summed E-state index contributed by atoms with van der Waals surface area (Å²) in [5.41, 5.74) is -0.649. The Morgan fingerprint density at radius 1 is 1.13 bits per heavy atom. The lowest BCUT2D eigenvalue weighted by atomic mass is 9.82. The van der Waals surface area contributed by atoms with Crippen molar-refractivity contribution in [3.05, 3.63) is 52.1 Å². The first-order chi connectivity index (χ1) is 13.8. The van der Waals surface area contributed by atoms with E-state index < -0.39 is 23.4 Å². The van der Waals surface area contributed by atoms with Crippen LogP contribution in [0.15, 0.2) is 24.3 Å². The lowest BCUT2D eigenvalue weighted by molar-refractivity contribution is -0.274. The van der Waals surface area contributed by atoms with Gasteiger partial charge in [-0.15, -0.1) is 13.2 Å². The summed E-state index contributed by atoms with van der Waals surface area (Å²) in [7, 11) is 0. The molecule has 0 aliphatic rings. The number of benzene rings is 2. The smallest absolute Gasteiger partial charge is 0.507 e. The van der Waals surface area contributed by atoms with Crippen LogP contribution in [-0.4, -0.2) is 17.4 Å². The van der Waals surface area contributed by atoms with Crippen molar-refractivity contribution >= 4 is 11.6 Å². The molecule has 2 rings (SSSR count). The van der Waals surface area contributed by atoms with Gasteiger partial charge in [0.2, 0.25) is 0 Å². The molecular weight excluding hydrogens is 399 g/mol. The second-order valence-electron chi connectivity index (χ2n) is 7.51. The Balaban J connectivity index is 2.59. The SMILES string of the molecule is Cc1c(C#N)cc(C(C)(C)C)c(O)c1C(=O)Nc1ccc(C#N)cc1OC(F)(F)F. The summed E-state index contributed by atoms with van der Waals surface area (Å²) in [5.74, 6) is -2.08. The van der Waals surface area contributed by atoms with E-state index in [2.05, 4.69) is 10.1 Å². The molecule has 0 aromatic heterocycles. The van der Waals surface area contributed by atoms with Crippen LogP contribution < -0.4 is 10.1 Å². The number of ether oxygens (including phenoxy) is 1. The van der Waals surface area contributed by atoms with E-state index in [0.29, 0.717) is 5.56 Å². The summed E-state index contributed by atoms with van der Waals surface area (Å²) in [5, 5.41) is 31.3. The average Bonchev–Trinajstić information content (AvgIpc) is 2.61. The van der Waals surface area contributed by atoms with Crippen LogP contribution in [0.5, 0.6) is 11.5 Å². The van der Waals surface area contributed by atoms with Crippen LogP contribution in [-0.2, 0) is 5.41 Å². The summed E-state index contributed by atoms with van der Waals surface area (Å²) in [6.45, 7) is 6.77. The van der Waals surface area contributed by atoms with Gasteiger partial charge in [0.15, 0.2) is 5.75 Å². The number of amides is 1. The van der Waals surface area contributed by atoms with E-state index in [1.54, 1.807) is 26.8 Å². The molecule has 156 valence electrons. The molecule has 0 aliphatic heterocycles. The summed E-state index contributed by atoms with van der Waals surface area (Å²) in [6, 6.07) is 8.24. The van der Waals surface area contributed by atoms with Gasteiger partial charge in [-0.2, -0.15) is 10.5 Å². The third kappa shape index (κ3) is 4.81. The maximum Gasteiger partial charge on any atom is 0.573 e. The average molecular weight is 417 g/mol. The van der Waals surface area contributed by atoms with Crippen LogP contribution in [0.4, 0.5) is 18.9 Å². The monoisotopic (exact) mass is 417 g/mol. The van der Waals surface area contributed by atoms with Crippen LogP contribution in [0, 0.1) is 29.6 Å². The van der Waals surface area contributed by atoms with Crippen molar-refractivity contribution in [2.75, 3.05) is 5.32 Å². The maximum atomic E-state index is 12.9. The normalized spacial score (nSPS) is 11.4. The molecule has 0 atom stereocenters. The zero-order valence-corrected chi connectivity index (χ0v) is 16.6. The first-order valence-corrected chi connectivity index (χ1v) is 8.67. The van der Waals surface area contributed by atoms with Gasteiger partial charge >= 0.3 is 6.36 Å². The van der Waals surface area contributed by atoms with Crippen molar-refractivity contribution in [1.82, 2.24) is 0 Å². The number of anilines is 1. The highest BCUT2D eigenvalue weighted by Crippen LogP contribution is 2.38. The molecule has 0 bridgehead atoms. The number of phenols is 1. The van der Waals surface area contributed by atoms with Gasteiger partial charge in [0, 0.05) is 11.6 Å². The molecule has 30 heavy (non-hydrogen) atoms. The van der Waals surface area contributed by atoms with Crippen molar-refractivity contribution in [2.45, 2.75) is 39.5 Å². The van der Waals surface area contributed by atoms with Crippen LogP contribution in [0.25, 0.3) is 0 Å². The molecule has 1 amide bonds. The number of hydrogen-bond donors (Lipinski definition) is 2. The minimum atomic E-state index is -5.05. The number of carbonyl (C=O) groups excluding carboxylic acids is 1. The third-order valence-electron chi connectivity index (χ3n) is 4.30. The van der Waals surface area contributed by atoms with Crippen molar-refractivity contribution in [3.63, 3.8) is 0 Å². The van der Waals surface area contributed by atoms with Gasteiger partial charge in [-0.05, 0) is 36.1 Å². The molecule has 0 radical (unpaired) electrons. The fraction of sp³-hybridized carbons (Fsp3) is 0.286. The Morgan fingerprint density at radius 3 is 2.27 bits per heavy atom. The van der Waals surface area contributed by atoms with Crippen LogP contribution in [0.1, 0.15) is 53.4 Å². The zero-order valence-electron chi connectivity index (χ0n) is 16.6. The van der Waals surface area contributed by atoms with Crippen LogP contribution >= 0.6 is 0 Å². The largest absolute Gasteiger partial charge is 0.573 e. The Morgan fingerprint density at radius 2 is 1.77 bits per heavy atom. The van der Waals surface area contributed by atoms with Gasteiger partial charge in [0.1, 0.15) is 5.75 Å². The second-order valence-corrected chi connectivity index (χ2v) is 7.51. The van der Waals surface area contributed by atoms with Crippen molar-refractivity contribution in [3.8, 4) is 23.6 Å². The molecule has 2 aromatic rings. The fourth-order valence-electron chi connectivity index (χ4n) is 2.82. The molecule has 6 nitrogen and oxygen atoms in total. The van der Waals surface area contributed by atoms with Crippen molar-refractivity contribution in [1.29, 1.82) is 10.5 Å². The quantitative estimate of drug-likeness (QED) is 0.739. The number of halogens is 3. The van der Waals surface area contributed by atoms with Crippen molar-refractivity contribution in [2.24, 2.45) is 0 Å². The maximum absolute atomic E-state index is 12.9. The molecule has 0 aliphatic carbocycles. The van der Waals surface area contributed by atoms with E-state index in [1.807, 2.05) is 6.07 Å². The molecule has 0 saturated carbocycles. The van der Waals surface area contributed by atoms with E-state index >= 15 is 0 Å². The molecule has 2 N–H and O–H groups in total. The summed E-state index contributed by atoms with van der Waals surface area (Å²) in [6.07, 6.45) is -5.05. The number of nitrogens with zero attached hydrogens (tertiary/aromatic N) is 2. The molecule has 0 heterocycles. The number of aromatic hydroxyl groups is 1. The highest BCUT2D eigenvalue weighted by molar-refractivity contribution is 6.08. The fourth-order valence-corrected chi connectivity index (χ4v) is 2.82. The molecule has 0 unspecified atom stereocenters. The van der Waals surface area contributed by atoms with Gasteiger partial charge in [-0.3, -0.25) is 4.79 Å². The Hall–Kier alpha value is -3.72.